The second kappa shape index (κ2) is 4.83. The van der Waals surface area contributed by atoms with E-state index in [-0.39, 0.29) is 5.91 Å². The van der Waals surface area contributed by atoms with Crippen LogP contribution in [0.4, 0.5) is 5.69 Å². The van der Waals surface area contributed by atoms with E-state index in [2.05, 4.69) is 5.32 Å². The number of carbonyl (C=O) groups is 1. The van der Waals surface area contributed by atoms with Crippen LogP contribution in [-0.4, -0.2) is 5.91 Å². The number of nitrogens with one attached hydrogen (secondary N) is 1. The van der Waals surface area contributed by atoms with Crippen molar-refractivity contribution in [3.63, 3.8) is 0 Å². The van der Waals surface area contributed by atoms with Gasteiger partial charge in [-0.05, 0) is 37.6 Å². The molecular weight excluding hydrogens is 210 g/mol. The van der Waals surface area contributed by atoms with Crippen molar-refractivity contribution in [3.05, 3.63) is 65.2 Å². The summed E-state index contributed by atoms with van der Waals surface area (Å²) in [5, 5.41) is 2.88. The number of para-hydroxylation sites is 1. The van der Waals surface area contributed by atoms with Crippen LogP contribution in [0.1, 0.15) is 21.5 Å². The molecule has 0 unspecified atom stereocenters. The Balaban J connectivity index is 2.21. The maximum absolute atomic E-state index is 12.0. The van der Waals surface area contributed by atoms with Gasteiger partial charge in [0.1, 0.15) is 0 Å². The quantitative estimate of drug-likeness (QED) is 0.832. The number of rotatable bonds is 2. The van der Waals surface area contributed by atoms with Gasteiger partial charge in [-0.25, -0.2) is 0 Å². The van der Waals surface area contributed by atoms with Crippen LogP contribution in [0.15, 0.2) is 48.5 Å². The first-order chi connectivity index (χ1) is 8.16. The van der Waals surface area contributed by atoms with E-state index >= 15 is 0 Å². The van der Waals surface area contributed by atoms with Crippen molar-refractivity contribution in [3.8, 4) is 0 Å². The summed E-state index contributed by atoms with van der Waals surface area (Å²) in [6.45, 7) is 3.97. The van der Waals surface area contributed by atoms with Crippen molar-refractivity contribution in [1.82, 2.24) is 0 Å². The van der Waals surface area contributed by atoms with E-state index < -0.39 is 0 Å². The molecule has 1 N–H and O–H groups in total. The first kappa shape index (κ1) is 11.4. The molecule has 0 spiro atoms. The summed E-state index contributed by atoms with van der Waals surface area (Å²) < 4.78 is 0. The molecule has 0 saturated carbocycles. The predicted molar refractivity (Wildman–Crippen MR) is 70.3 cm³/mol. The fourth-order valence-corrected chi connectivity index (χ4v) is 1.79. The van der Waals surface area contributed by atoms with Crippen molar-refractivity contribution in [2.75, 3.05) is 5.32 Å². The largest absolute Gasteiger partial charge is 0.322 e. The van der Waals surface area contributed by atoms with Crippen molar-refractivity contribution in [2.24, 2.45) is 0 Å². The first-order valence-electron chi connectivity index (χ1n) is 5.60. The van der Waals surface area contributed by atoms with Gasteiger partial charge in [0.25, 0.3) is 5.91 Å². The minimum atomic E-state index is -0.0614. The van der Waals surface area contributed by atoms with Crippen LogP contribution < -0.4 is 5.32 Å². The van der Waals surface area contributed by atoms with Gasteiger partial charge in [0, 0.05) is 11.3 Å². The Morgan fingerprint density at radius 3 is 2.35 bits per heavy atom. The highest BCUT2D eigenvalue weighted by molar-refractivity contribution is 6.05. The van der Waals surface area contributed by atoms with Gasteiger partial charge in [-0.3, -0.25) is 4.79 Å². The van der Waals surface area contributed by atoms with Gasteiger partial charge in [0.05, 0.1) is 0 Å². The monoisotopic (exact) mass is 225 g/mol. The number of hydrogen-bond donors (Lipinski definition) is 1. The van der Waals surface area contributed by atoms with Crippen molar-refractivity contribution >= 4 is 11.6 Å². The van der Waals surface area contributed by atoms with E-state index in [4.69, 9.17) is 0 Å². The van der Waals surface area contributed by atoms with Gasteiger partial charge in [-0.1, -0.05) is 35.9 Å². The van der Waals surface area contributed by atoms with E-state index in [1.54, 1.807) is 0 Å². The highest BCUT2D eigenvalue weighted by atomic mass is 16.1. The highest BCUT2D eigenvalue weighted by Gasteiger charge is 2.08. The number of anilines is 1. The fraction of sp³-hybridized carbons (Fsp3) is 0.133. The second-order valence-electron chi connectivity index (χ2n) is 4.14. The van der Waals surface area contributed by atoms with Gasteiger partial charge in [-0.2, -0.15) is 0 Å². The van der Waals surface area contributed by atoms with Crippen LogP contribution in [0, 0.1) is 13.8 Å². The standard InChI is InChI=1S/C15H15NO/c1-11-8-9-14(12(2)10-11)15(17)16-13-6-4-3-5-7-13/h3-10H,1-2H3,(H,16,17). The molecule has 17 heavy (non-hydrogen) atoms. The number of hydrogen-bond acceptors (Lipinski definition) is 1. The predicted octanol–water partition coefficient (Wildman–Crippen LogP) is 3.56. The van der Waals surface area contributed by atoms with Crippen LogP contribution in [0.3, 0.4) is 0 Å². The van der Waals surface area contributed by atoms with Crippen LogP contribution in [0.25, 0.3) is 0 Å². The summed E-state index contributed by atoms with van der Waals surface area (Å²) in [5.41, 5.74) is 3.70. The third kappa shape index (κ3) is 2.72. The fourth-order valence-electron chi connectivity index (χ4n) is 1.79. The zero-order chi connectivity index (χ0) is 12.3. The molecule has 0 radical (unpaired) electrons. The SMILES string of the molecule is Cc1ccc(C(=O)Nc2ccccc2)c(C)c1. The Morgan fingerprint density at radius 2 is 1.71 bits per heavy atom. The van der Waals surface area contributed by atoms with Crippen molar-refractivity contribution < 1.29 is 4.79 Å². The Labute approximate surface area is 101 Å². The van der Waals surface area contributed by atoms with Crippen LogP contribution in [0.5, 0.6) is 0 Å². The molecular formula is C15H15NO. The molecule has 0 aliphatic heterocycles. The molecule has 1 amide bonds. The van der Waals surface area contributed by atoms with E-state index in [1.165, 1.54) is 5.56 Å². The molecule has 0 heterocycles. The van der Waals surface area contributed by atoms with Gasteiger partial charge in [0.15, 0.2) is 0 Å². The van der Waals surface area contributed by atoms with E-state index in [0.717, 1.165) is 16.8 Å². The minimum absolute atomic E-state index is 0.0614. The lowest BCUT2D eigenvalue weighted by atomic mass is 10.1. The summed E-state index contributed by atoms with van der Waals surface area (Å²) in [6.07, 6.45) is 0. The minimum Gasteiger partial charge on any atom is -0.322 e. The molecule has 2 aromatic carbocycles. The number of aryl methyl sites for hydroxylation is 2. The number of carbonyl (C=O) groups excluding carboxylic acids is 1. The summed E-state index contributed by atoms with van der Waals surface area (Å²) in [6, 6.07) is 15.3. The molecule has 0 aliphatic carbocycles. The van der Waals surface area contributed by atoms with Crippen LogP contribution in [0.2, 0.25) is 0 Å². The molecule has 2 nitrogen and oxygen atoms in total. The maximum atomic E-state index is 12.0. The zero-order valence-corrected chi connectivity index (χ0v) is 10.0. The van der Waals surface area contributed by atoms with E-state index in [1.807, 2.05) is 62.4 Å². The van der Waals surface area contributed by atoms with Crippen LogP contribution >= 0.6 is 0 Å². The maximum Gasteiger partial charge on any atom is 0.255 e. The van der Waals surface area contributed by atoms with Crippen molar-refractivity contribution in [2.45, 2.75) is 13.8 Å². The molecule has 0 saturated heterocycles. The smallest absolute Gasteiger partial charge is 0.255 e. The average molecular weight is 225 g/mol. The van der Waals surface area contributed by atoms with Gasteiger partial charge >= 0.3 is 0 Å². The average Bonchev–Trinajstić information content (AvgIpc) is 2.30. The van der Waals surface area contributed by atoms with Crippen LogP contribution in [-0.2, 0) is 0 Å². The molecule has 0 aliphatic rings. The number of amides is 1. The third-order valence-electron chi connectivity index (χ3n) is 2.66. The van der Waals surface area contributed by atoms with Crippen molar-refractivity contribution in [1.29, 1.82) is 0 Å². The Bertz CT molecular complexity index is 532. The molecule has 0 aromatic heterocycles. The van der Waals surface area contributed by atoms with Gasteiger partial charge in [-0.15, -0.1) is 0 Å². The molecule has 2 heteroatoms. The first-order valence-corrected chi connectivity index (χ1v) is 5.60. The Kier molecular flexibility index (Phi) is 3.24. The lowest BCUT2D eigenvalue weighted by Crippen LogP contribution is -2.13. The highest BCUT2D eigenvalue weighted by Crippen LogP contribution is 2.13. The normalized spacial score (nSPS) is 10.0. The topological polar surface area (TPSA) is 29.1 Å². The molecule has 0 bridgehead atoms. The molecule has 2 rings (SSSR count). The summed E-state index contributed by atoms with van der Waals surface area (Å²) in [4.78, 5) is 12.0. The molecule has 0 fully saturated rings. The van der Waals surface area contributed by atoms with Gasteiger partial charge in [0.2, 0.25) is 0 Å². The zero-order valence-electron chi connectivity index (χ0n) is 10.0. The molecule has 2 aromatic rings. The summed E-state index contributed by atoms with van der Waals surface area (Å²) in [5.74, 6) is -0.0614. The lowest BCUT2D eigenvalue weighted by molar-refractivity contribution is 0.102. The molecule has 86 valence electrons. The molecule has 0 atom stereocenters. The Morgan fingerprint density at radius 1 is 1.00 bits per heavy atom. The summed E-state index contributed by atoms with van der Waals surface area (Å²) >= 11 is 0. The second-order valence-corrected chi connectivity index (χ2v) is 4.14. The Hall–Kier alpha value is -2.09. The van der Waals surface area contributed by atoms with Gasteiger partial charge < -0.3 is 5.32 Å². The third-order valence-corrected chi connectivity index (χ3v) is 2.66. The van der Waals surface area contributed by atoms with E-state index in [9.17, 15) is 4.79 Å². The number of benzene rings is 2. The summed E-state index contributed by atoms with van der Waals surface area (Å²) in [7, 11) is 0. The lowest BCUT2D eigenvalue weighted by Gasteiger charge is -2.08. The van der Waals surface area contributed by atoms with E-state index in [0.29, 0.717) is 0 Å².